The Balaban J connectivity index is 1.77. The first-order valence-electron chi connectivity index (χ1n) is 8.36. The van der Waals surface area contributed by atoms with Gasteiger partial charge in [-0.2, -0.15) is 16.9 Å². The smallest absolute Gasteiger partial charge is 0.256 e. The first kappa shape index (κ1) is 17.4. The highest BCUT2D eigenvalue weighted by Crippen LogP contribution is 2.37. The van der Waals surface area contributed by atoms with Crippen molar-refractivity contribution in [3.05, 3.63) is 74.9 Å². The molecule has 0 spiro atoms. The number of rotatable bonds is 3. The number of benzene rings is 2. The molecular weight excluding hydrogens is 410 g/mol. The summed E-state index contributed by atoms with van der Waals surface area (Å²) in [5.41, 5.74) is 6.19. The molecule has 0 saturated carbocycles. The Labute approximate surface area is 165 Å². The van der Waals surface area contributed by atoms with Crippen LogP contribution in [0.25, 0.3) is 5.69 Å². The van der Waals surface area contributed by atoms with E-state index in [4.69, 9.17) is 5.10 Å². The number of hydrogen-bond donors (Lipinski definition) is 1. The van der Waals surface area contributed by atoms with Gasteiger partial charge in [-0.3, -0.25) is 4.79 Å². The third-order valence-electron chi connectivity index (χ3n) is 4.69. The summed E-state index contributed by atoms with van der Waals surface area (Å²) < 4.78 is 2.84. The molecule has 0 radical (unpaired) electrons. The van der Waals surface area contributed by atoms with E-state index in [1.165, 1.54) is 11.1 Å². The van der Waals surface area contributed by atoms with Crippen molar-refractivity contribution in [3.63, 3.8) is 0 Å². The lowest BCUT2D eigenvalue weighted by Crippen LogP contribution is -2.16. The zero-order chi connectivity index (χ0) is 18.3. The standard InChI is InChI=1S/C20H18BrN3OS/c1-12-4-3-5-18(13(12)2)24-19(16-10-26-11-17(16)23-24)22-20(25)14-6-8-15(21)9-7-14/h3-9H,10-11H2,1-2H3,(H,22,25). The molecule has 2 heterocycles. The second kappa shape index (κ2) is 6.93. The quantitative estimate of drug-likeness (QED) is 0.620. The Morgan fingerprint density at radius 1 is 1.15 bits per heavy atom. The number of halogens is 1. The number of aromatic nitrogens is 2. The number of amides is 1. The van der Waals surface area contributed by atoms with E-state index in [1.54, 1.807) is 0 Å². The van der Waals surface area contributed by atoms with E-state index in [0.717, 1.165) is 38.7 Å². The first-order valence-corrected chi connectivity index (χ1v) is 10.3. The van der Waals surface area contributed by atoms with Gasteiger partial charge in [0, 0.05) is 27.1 Å². The van der Waals surface area contributed by atoms with Crippen molar-refractivity contribution in [1.82, 2.24) is 9.78 Å². The zero-order valence-electron chi connectivity index (χ0n) is 14.5. The molecule has 1 aliphatic rings. The van der Waals surface area contributed by atoms with Gasteiger partial charge in [0.15, 0.2) is 0 Å². The predicted molar refractivity (Wildman–Crippen MR) is 110 cm³/mol. The van der Waals surface area contributed by atoms with E-state index in [9.17, 15) is 4.79 Å². The number of nitrogens with one attached hydrogen (secondary N) is 1. The van der Waals surface area contributed by atoms with Crippen molar-refractivity contribution < 1.29 is 4.79 Å². The number of carbonyl (C=O) groups is 1. The lowest BCUT2D eigenvalue weighted by molar-refractivity contribution is 0.102. The predicted octanol–water partition coefficient (Wildman–Crippen LogP) is 5.25. The zero-order valence-corrected chi connectivity index (χ0v) is 16.9. The van der Waals surface area contributed by atoms with Gasteiger partial charge < -0.3 is 5.32 Å². The third-order valence-corrected chi connectivity index (χ3v) is 6.19. The molecule has 0 unspecified atom stereocenters. The minimum atomic E-state index is -0.122. The molecule has 0 aliphatic carbocycles. The van der Waals surface area contributed by atoms with Gasteiger partial charge in [-0.25, -0.2) is 4.68 Å². The fourth-order valence-electron chi connectivity index (χ4n) is 3.06. The van der Waals surface area contributed by atoms with Gasteiger partial charge in [0.25, 0.3) is 5.91 Å². The molecular formula is C20H18BrN3OS. The summed E-state index contributed by atoms with van der Waals surface area (Å²) in [4.78, 5) is 12.8. The number of nitrogens with zero attached hydrogens (tertiary/aromatic N) is 2. The monoisotopic (exact) mass is 427 g/mol. The molecule has 1 amide bonds. The van der Waals surface area contributed by atoms with Gasteiger partial charge in [0.1, 0.15) is 5.82 Å². The Morgan fingerprint density at radius 2 is 1.92 bits per heavy atom. The van der Waals surface area contributed by atoms with Crippen LogP contribution in [0.5, 0.6) is 0 Å². The lowest BCUT2D eigenvalue weighted by Gasteiger charge is -2.14. The Morgan fingerprint density at radius 3 is 2.69 bits per heavy atom. The molecule has 6 heteroatoms. The highest BCUT2D eigenvalue weighted by Gasteiger charge is 2.25. The molecule has 1 aromatic heterocycles. The Bertz CT molecular complexity index is 995. The fourth-order valence-corrected chi connectivity index (χ4v) is 4.36. The van der Waals surface area contributed by atoms with Crippen molar-refractivity contribution in [2.45, 2.75) is 25.4 Å². The highest BCUT2D eigenvalue weighted by atomic mass is 79.9. The van der Waals surface area contributed by atoms with Crippen molar-refractivity contribution in [2.24, 2.45) is 0 Å². The van der Waals surface area contributed by atoms with Crippen LogP contribution in [0.1, 0.15) is 32.7 Å². The second-order valence-corrected chi connectivity index (χ2v) is 8.26. The molecule has 26 heavy (non-hydrogen) atoms. The fraction of sp³-hybridized carbons (Fsp3) is 0.200. The van der Waals surface area contributed by atoms with Crippen LogP contribution in [0.2, 0.25) is 0 Å². The Kier molecular flexibility index (Phi) is 4.63. The number of thioether (sulfide) groups is 1. The summed E-state index contributed by atoms with van der Waals surface area (Å²) in [7, 11) is 0. The lowest BCUT2D eigenvalue weighted by atomic mass is 10.1. The van der Waals surface area contributed by atoms with Gasteiger partial charge in [-0.1, -0.05) is 28.1 Å². The maximum absolute atomic E-state index is 12.8. The summed E-state index contributed by atoms with van der Waals surface area (Å²) in [5.74, 6) is 2.42. The van der Waals surface area contributed by atoms with Crippen LogP contribution in [0.3, 0.4) is 0 Å². The molecule has 1 aliphatic heterocycles. The highest BCUT2D eigenvalue weighted by molar-refractivity contribution is 9.10. The summed E-state index contributed by atoms with van der Waals surface area (Å²) in [6.07, 6.45) is 0. The van der Waals surface area contributed by atoms with Gasteiger partial charge in [0.2, 0.25) is 0 Å². The average Bonchev–Trinajstić information content (AvgIpc) is 3.21. The summed E-state index contributed by atoms with van der Waals surface area (Å²) >= 11 is 5.23. The van der Waals surface area contributed by atoms with Crippen LogP contribution in [0.4, 0.5) is 5.82 Å². The number of fused-ring (bicyclic) bond motifs is 1. The van der Waals surface area contributed by atoms with Crippen molar-refractivity contribution >= 4 is 39.4 Å². The summed E-state index contributed by atoms with van der Waals surface area (Å²) in [5, 5.41) is 7.90. The van der Waals surface area contributed by atoms with Gasteiger partial charge >= 0.3 is 0 Å². The average molecular weight is 428 g/mol. The molecule has 1 N–H and O–H groups in total. The summed E-state index contributed by atoms with van der Waals surface area (Å²) in [6, 6.07) is 13.5. The van der Waals surface area contributed by atoms with E-state index in [0.29, 0.717) is 5.56 Å². The molecule has 3 aromatic rings. The number of aryl methyl sites for hydroxylation is 1. The number of carbonyl (C=O) groups excluding carboxylic acids is 1. The van der Waals surface area contributed by atoms with E-state index in [2.05, 4.69) is 41.2 Å². The molecule has 4 nitrogen and oxygen atoms in total. The van der Waals surface area contributed by atoms with E-state index in [1.807, 2.05) is 52.8 Å². The van der Waals surface area contributed by atoms with Crippen LogP contribution in [0, 0.1) is 13.8 Å². The van der Waals surface area contributed by atoms with Gasteiger partial charge in [-0.15, -0.1) is 0 Å². The van der Waals surface area contributed by atoms with Crippen LogP contribution in [0.15, 0.2) is 46.9 Å². The minimum absolute atomic E-state index is 0.122. The summed E-state index contributed by atoms with van der Waals surface area (Å²) in [6.45, 7) is 4.18. The van der Waals surface area contributed by atoms with Crippen LogP contribution < -0.4 is 5.32 Å². The normalized spacial score (nSPS) is 12.9. The molecule has 0 saturated heterocycles. The van der Waals surface area contributed by atoms with Crippen molar-refractivity contribution in [3.8, 4) is 5.69 Å². The number of hydrogen-bond acceptors (Lipinski definition) is 3. The molecule has 132 valence electrons. The molecule has 0 bridgehead atoms. The van der Waals surface area contributed by atoms with E-state index < -0.39 is 0 Å². The molecule has 4 rings (SSSR count). The second-order valence-electron chi connectivity index (χ2n) is 6.36. The number of anilines is 1. The Hall–Kier alpha value is -2.05. The largest absolute Gasteiger partial charge is 0.306 e. The molecule has 0 fully saturated rings. The molecule has 2 aromatic carbocycles. The van der Waals surface area contributed by atoms with Crippen LogP contribution >= 0.6 is 27.7 Å². The van der Waals surface area contributed by atoms with Crippen LogP contribution in [-0.2, 0) is 11.5 Å². The van der Waals surface area contributed by atoms with E-state index in [-0.39, 0.29) is 5.91 Å². The topological polar surface area (TPSA) is 46.9 Å². The van der Waals surface area contributed by atoms with Crippen molar-refractivity contribution in [2.75, 3.05) is 5.32 Å². The van der Waals surface area contributed by atoms with Gasteiger partial charge in [0.05, 0.1) is 11.4 Å². The SMILES string of the molecule is Cc1cccc(-n2nc3c(c2NC(=O)c2ccc(Br)cc2)CSC3)c1C. The van der Waals surface area contributed by atoms with Gasteiger partial charge in [-0.05, 0) is 55.3 Å². The van der Waals surface area contributed by atoms with Crippen molar-refractivity contribution in [1.29, 1.82) is 0 Å². The third kappa shape index (κ3) is 3.08. The minimum Gasteiger partial charge on any atom is -0.306 e. The maximum Gasteiger partial charge on any atom is 0.256 e. The van der Waals surface area contributed by atoms with E-state index >= 15 is 0 Å². The molecule has 0 atom stereocenters. The first-order chi connectivity index (χ1) is 12.5. The van der Waals surface area contributed by atoms with Crippen LogP contribution in [-0.4, -0.2) is 15.7 Å². The maximum atomic E-state index is 12.8.